The van der Waals surface area contributed by atoms with Crippen LogP contribution in [0.15, 0.2) is 18.3 Å². The normalized spacial score (nSPS) is 22.4. The Balaban J connectivity index is 1.54. The van der Waals surface area contributed by atoms with Gasteiger partial charge in [-0.05, 0) is 13.1 Å². The Bertz CT molecular complexity index is 542. The van der Waals surface area contributed by atoms with Crippen LogP contribution in [-0.2, 0) is 11.3 Å². The number of nitrogens with zero attached hydrogens (tertiary/aromatic N) is 3. The fourth-order valence-electron chi connectivity index (χ4n) is 3.11. The minimum absolute atomic E-state index is 0.114. The van der Waals surface area contributed by atoms with Gasteiger partial charge in [-0.15, -0.1) is 0 Å². The Morgan fingerprint density at radius 2 is 2.25 bits per heavy atom. The molecular weight excluding hydrogens is 322 g/mol. The van der Waals surface area contributed by atoms with Crippen LogP contribution in [0.25, 0.3) is 0 Å². The van der Waals surface area contributed by atoms with Gasteiger partial charge in [-0.3, -0.25) is 4.79 Å². The van der Waals surface area contributed by atoms with Crippen LogP contribution in [0.5, 0.6) is 0 Å². The molecule has 3 rings (SSSR count). The van der Waals surface area contributed by atoms with Gasteiger partial charge in [0, 0.05) is 75.0 Å². The minimum Gasteiger partial charge on any atom is -0.354 e. The molecule has 0 bridgehead atoms. The highest BCUT2D eigenvalue weighted by molar-refractivity contribution is 7.99. The first-order valence-corrected chi connectivity index (χ1v) is 9.83. The Kier molecular flexibility index (Phi) is 6.34. The van der Waals surface area contributed by atoms with Crippen LogP contribution < -0.4 is 15.5 Å². The fraction of sp³-hybridized carbons (Fsp3) is 0.647. The number of pyridine rings is 1. The van der Waals surface area contributed by atoms with Gasteiger partial charge in [0.15, 0.2) is 0 Å². The third-order valence-corrected chi connectivity index (χ3v) is 5.71. The molecule has 7 heteroatoms. The number of amides is 1. The molecule has 132 valence electrons. The second kappa shape index (κ2) is 8.69. The summed E-state index contributed by atoms with van der Waals surface area (Å²) in [4.78, 5) is 21.4. The van der Waals surface area contributed by atoms with Crippen LogP contribution in [0.1, 0.15) is 12.0 Å². The number of aromatic nitrogens is 1. The second-order valence-electron chi connectivity index (χ2n) is 6.48. The predicted molar refractivity (Wildman–Crippen MR) is 99.5 cm³/mol. The van der Waals surface area contributed by atoms with Crippen molar-refractivity contribution in [3.63, 3.8) is 0 Å². The van der Waals surface area contributed by atoms with Crippen LogP contribution >= 0.6 is 11.8 Å². The summed E-state index contributed by atoms with van der Waals surface area (Å²) >= 11 is 1.92. The number of thioether (sulfide) groups is 1. The van der Waals surface area contributed by atoms with E-state index in [1.165, 1.54) is 0 Å². The highest BCUT2D eigenvalue weighted by Gasteiger charge is 2.19. The van der Waals surface area contributed by atoms with Crippen molar-refractivity contribution in [2.24, 2.45) is 0 Å². The summed E-state index contributed by atoms with van der Waals surface area (Å²) in [5, 5.41) is 6.48. The third-order valence-electron chi connectivity index (χ3n) is 4.58. The molecule has 0 aromatic carbocycles. The zero-order valence-electron chi connectivity index (χ0n) is 14.3. The van der Waals surface area contributed by atoms with E-state index in [1.54, 1.807) is 0 Å². The molecule has 2 aliphatic heterocycles. The van der Waals surface area contributed by atoms with E-state index in [0.29, 0.717) is 19.0 Å². The summed E-state index contributed by atoms with van der Waals surface area (Å²) in [7, 11) is 2.15. The molecule has 0 aliphatic carbocycles. The Labute approximate surface area is 148 Å². The van der Waals surface area contributed by atoms with E-state index in [4.69, 9.17) is 0 Å². The van der Waals surface area contributed by atoms with E-state index in [1.807, 2.05) is 24.0 Å². The van der Waals surface area contributed by atoms with Crippen LogP contribution in [0.4, 0.5) is 5.82 Å². The maximum Gasteiger partial charge on any atom is 0.221 e. The minimum atomic E-state index is 0.114. The van der Waals surface area contributed by atoms with Crippen LogP contribution in [0, 0.1) is 0 Å². The zero-order chi connectivity index (χ0) is 16.8. The van der Waals surface area contributed by atoms with Crippen molar-refractivity contribution in [1.29, 1.82) is 0 Å². The molecule has 2 aliphatic rings. The molecule has 2 saturated heterocycles. The monoisotopic (exact) mass is 349 g/mol. The highest BCUT2D eigenvalue weighted by atomic mass is 32.2. The lowest BCUT2D eigenvalue weighted by molar-refractivity contribution is -0.121. The number of piperazine rings is 1. The number of hydrogen-bond acceptors (Lipinski definition) is 6. The first-order valence-electron chi connectivity index (χ1n) is 8.67. The Hall–Kier alpha value is -1.31. The van der Waals surface area contributed by atoms with E-state index >= 15 is 0 Å². The van der Waals surface area contributed by atoms with Gasteiger partial charge >= 0.3 is 0 Å². The molecule has 0 saturated carbocycles. The summed E-state index contributed by atoms with van der Waals surface area (Å²) < 4.78 is 0. The number of hydrogen-bond donors (Lipinski definition) is 2. The van der Waals surface area contributed by atoms with Gasteiger partial charge in [0.25, 0.3) is 0 Å². The molecule has 1 aromatic rings. The maximum absolute atomic E-state index is 12.2. The van der Waals surface area contributed by atoms with Crippen molar-refractivity contribution >= 4 is 23.5 Å². The summed E-state index contributed by atoms with van der Waals surface area (Å²) in [6.45, 7) is 5.61. The molecular formula is C17H27N5OS. The summed E-state index contributed by atoms with van der Waals surface area (Å²) in [5.41, 5.74) is 1.10. The van der Waals surface area contributed by atoms with Crippen molar-refractivity contribution in [2.75, 3.05) is 56.2 Å². The van der Waals surface area contributed by atoms with Crippen molar-refractivity contribution in [3.05, 3.63) is 23.9 Å². The van der Waals surface area contributed by atoms with E-state index in [0.717, 1.165) is 55.6 Å². The van der Waals surface area contributed by atoms with Gasteiger partial charge in [-0.25, -0.2) is 4.98 Å². The van der Waals surface area contributed by atoms with Gasteiger partial charge in [0.05, 0.1) is 0 Å². The second-order valence-corrected chi connectivity index (χ2v) is 7.63. The molecule has 1 atom stereocenters. The maximum atomic E-state index is 12.2. The highest BCUT2D eigenvalue weighted by Crippen LogP contribution is 2.18. The lowest BCUT2D eigenvalue weighted by Gasteiger charge is -2.34. The van der Waals surface area contributed by atoms with Crippen LogP contribution in [-0.4, -0.2) is 73.1 Å². The van der Waals surface area contributed by atoms with Crippen molar-refractivity contribution in [1.82, 2.24) is 20.5 Å². The van der Waals surface area contributed by atoms with Gasteiger partial charge in [0.1, 0.15) is 5.82 Å². The molecule has 1 amide bonds. The molecule has 2 N–H and O–H groups in total. The number of carbonyl (C=O) groups excluding carboxylic acids is 1. The zero-order valence-corrected chi connectivity index (χ0v) is 15.1. The fourth-order valence-corrected chi connectivity index (χ4v) is 4.06. The van der Waals surface area contributed by atoms with Gasteiger partial charge in [-0.1, -0.05) is 6.07 Å². The number of anilines is 1. The van der Waals surface area contributed by atoms with Gasteiger partial charge in [-0.2, -0.15) is 11.8 Å². The molecule has 0 radical (unpaired) electrons. The summed E-state index contributed by atoms with van der Waals surface area (Å²) in [6.07, 6.45) is 2.39. The average Bonchev–Trinajstić information content (AvgIpc) is 2.62. The van der Waals surface area contributed by atoms with Gasteiger partial charge < -0.3 is 20.4 Å². The van der Waals surface area contributed by atoms with Crippen molar-refractivity contribution < 1.29 is 4.79 Å². The number of nitrogens with one attached hydrogen (secondary N) is 2. The Morgan fingerprint density at radius 1 is 1.42 bits per heavy atom. The van der Waals surface area contributed by atoms with E-state index in [-0.39, 0.29) is 5.91 Å². The standard InChI is InChI=1S/C17H27N5OS/c1-21-6-8-22(9-7-21)17-14(3-2-4-19-17)12-20-16(23)11-15-13-24-10-5-18-15/h2-4,15,18H,5-13H2,1H3,(H,20,23). The lowest BCUT2D eigenvalue weighted by Crippen LogP contribution is -2.45. The first-order chi connectivity index (χ1) is 11.7. The Morgan fingerprint density at radius 3 is 3.00 bits per heavy atom. The molecule has 24 heavy (non-hydrogen) atoms. The van der Waals surface area contributed by atoms with E-state index in [2.05, 4.69) is 38.5 Å². The molecule has 0 spiro atoms. The quantitative estimate of drug-likeness (QED) is 0.809. The topological polar surface area (TPSA) is 60.5 Å². The molecule has 1 unspecified atom stereocenters. The van der Waals surface area contributed by atoms with E-state index < -0.39 is 0 Å². The summed E-state index contributed by atoms with van der Waals surface area (Å²) in [6, 6.07) is 4.31. The number of rotatable bonds is 5. The summed E-state index contributed by atoms with van der Waals surface area (Å²) in [5.74, 6) is 3.29. The van der Waals surface area contributed by atoms with Crippen molar-refractivity contribution in [2.45, 2.75) is 19.0 Å². The molecule has 2 fully saturated rings. The molecule has 1 aromatic heterocycles. The average molecular weight is 350 g/mol. The van der Waals surface area contributed by atoms with E-state index in [9.17, 15) is 4.79 Å². The molecule has 6 nitrogen and oxygen atoms in total. The number of likely N-dealkylation sites (N-methyl/N-ethyl adjacent to an activating group) is 1. The van der Waals surface area contributed by atoms with Crippen molar-refractivity contribution in [3.8, 4) is 0 Å². The van der Waals surface area contributed by atoms with Crippen LogP contribution in [0.3, 0.4) is 0 Å². The lowest BCUT2D eigenvalue weighted by atomic mass is 10.2. The smallest absolute Gasteiger partial charge is 0.221 e. The largest absolute Gasteiger partial charge is 0.354 e. The van der Waals surface area contributed by atoms with Gasteiger partial charge in [0.2, 0.25) is 5.91 Å². The third kappa shape index (κ3) is 4.84. The van der Waals surface area contributed by atoms with Crippen LogP contribution in [0.2, 0.25) is 0 Å². The molecule has 3 heterocycles. The predicted octanol–water partition coefficient (Wildman–Crippen LogP) is 0.545. The SMILES string of the molecule is CN1CCN(c2ncccc2CNC(=O)CC2CSCCN2)CC1. The number of carbonyl (C=O) groups is 1. The first kappa shape index (κ1) is 17.5.